The predicted molar refractivity (Wildman–Crippen MR) is 117 cm³/mol. The van der Waals surface area contributed by atoms with Crippen LogP contribution in [0.5, 0.6) is 0 Å². The maximum atomic E-state index is 5.91. The van der Waals surface area contributed by atoms with Gasteiger partial charge in [0.25, 0.3) is 6.01 Å². The highest BCUT2D eigenvalue weighted by Gasteiger charge is 2.15. The van der Waals surface area contributed by atoms with Crippen LogP contribution in [0.25, 0.3) is 11.1 Å². The number of hydrogen-bond acceptors (Lipinski definition) is 4. The summed E-state index contributed by atoms with van der Waals surface area (Å²) in [4.78, 5) is 4.72. The van der Waals surface area contributed by atoms with Gasteiger partial charge in [-0.2, -0.15) is 4.98 Å². The van der Waals surface area contributed by atoms with Gasteiger partial charge in [-0.1, -0.05) is 64.0 Å². The van der Waals surface area contributed by atoms with Crippen LogP contribution in [0.15, 0.2) is 22.6 Å². The lowest BCUT2D eigenvalue weighted by atomic mass is 10.0. The molecule has 4 nitrogen and oxygen atoms in total. The van der Waals surface area contributed by atoms with Crippen molar-refractivity contribution in [1.82, 2.24) is 10.3 Å². The van der Waals surface area contributed by atoms with Crippen molar-refractivity contribution in [2.24, 2.45) is 5.92 Å². The summed E-state index contributed by atoms with van der Waals surface area (Å²) < 4.78 is 5.91. The lowest BCUT2D eigenvalue weighted by Crippen LogP contribution is -2.17. The zero-order chi connectivity index (χ0) is 18.0. The number of aromatic nitrogens is 1. The van der Waals surface area contributed by atoms with Crippen molar-refractivity contribution in [3.8, 4) is 0 Å². The normalized spacial score (nSPS) is 16.6. The second-order valence-electron chi connectivity index (χ2n) is 7.75. The Bertz CT molecular complexity index is 652. The second kappa shape index (κ2) is 12.2. The second-order valence-corrected chi connectivity index (χ2v) is 7.75. The minimum Gasteiger partial charge on any atom is -0.424 e. The van der Waals surface area contributed by atoms with Gasteiger partial charge < -0.3 is 15.1 Å². The quantitative estimate of drug-likeness (QED) is 0.437. The van der Waals surface area contributed by atoms with E-state index in [2.05, 4.69) is 29.7 Å². The summed E-state index contributed by atoms with van der Waals surface area (Å²) in [7, 11) is 0. The van der Waals surface area contributed by atoms with Gasteiger partial charge >= 0.3 is 0 Å². The van der Waals surface area contributed by atoms with Gasteiger partial charge in [0.05, 0.1) is 0 Å². The molecule has 0 amide bonds. The Hall–Kier alpha value is -1.26. The number of fused-ring (bicyclic) bond motifs is 1. The van der Waals surface area contributed by atoms with Gasteiger partial charge in [0.1, 0.15) is 5.52 Å². The third-order valence-electron chi connectivity index (χ3n) is 5.51. The lowest BCUT2D eigenvalue weighted by Gasteiger charge is -2.07. The molecule has 1 aliphatic rings. The third kappa shape index (κ3) is 7.00. The molecule has 0 bridgehead atoms. The molecule has 3 rings (SSSR count). The highest BCUT2D eigenvalue weighted by molar-refractivity contribution is 5.85. The third-order valence-corrected chi connectivity index (χ3v) is 5.51. The standard InChI is InChI=1S/C22H35N3O.ClH/c1-2-3-4-5-6-7-8-9-11-19-12-10-13-20-21(19)25-22(26-20)24-17-18-14-15-23-16-18;/h10,12-13,18,23H,2-9,11,14-17H2,1H3,(H,24,25);1H/t18-;/m0./s1. The van der Waals surface area contributed by atoms with Gasteiger partial charge in [0.15, 0.2) is 5.58 Å². The Balaban J connectivity index is 0.00000261. The molecule has 1 aliphatic heterocycles. The molecule has 1 aromatic carbocycles. The van der Waals surface area contributed by atoms with Crippen LogP contribution >= 0.6 is 12.4 Å². The molecule has 0 unspecified atom stereocenters. The van der Waals surface area contributed by atoms with Gasteiger partial charge in [0, 0.05) is 6.54 Å². The number of nitrogens with one attached hydrogen (secondary N) is 2. The van der Waals surface area contributed by atoms with Crippen molar-refractivity contribution in [3.63, 3.8) is 0 Å². The summed E-state index contributed by atoms with van der Waals surface area (Å²) in [5.74, 6) is 0.682. The van der Waals surface area contributed by atoms with E-state index in [1.54, 1.807) is 0 Å². The van der Waals surface area contributed by atoms with E-state index in [9.17, 15) is 0 Å². The first-order valence-corrected chi connectivity index (χ1v) is 10.7. The predicted octanol–water partition coefficient (Wildman–Crippen LogP) is 5.95. The zero-order valence-electron chi connectivity index (χ0n) is 16.8. The summed E-state index contributed by atoms with van der Waals surface area (Å²) in [5.41, 5.74) is 3.28. The van der Waals surface area contributed by atoms with Crippen LogP contribution in [0, 0.1) is 5.92 Å². The smallest absolute Gasteiger partial charge is 0.295 e. The summed E-state index contributed by atoms with van der Waals surface area (Å²) >= 11 is 0. The Morgan fingerprint density at radius 3 is 2.63 bits per heavy atom. The first kappa shape index (κ1) is 22.0. The fourth-order valence-corrected chi connectivity index (χ4v) is 3.85. The molecule has 0 saturated carbocycles. The highest BCUT2D eigenvalue weighted by atomic mass is 35.5. The molecule has 152 valence electrons. The van der Waals surface area contributed by atoms with Crippen molar-refractivity contribution < 1.29 is 4.42 Å². The molecule has 1 aromatic heterocycles. The van der Waals surface area contributed by atoms with Crippen LogP contribution < -0.4 is 10.6 Å². The summed E-state index contributed by atoms with van der Waals surface area (Å²) in [6.45, 7) is 5.43. The van der Waals surface area contributed by atoms with Crippen molar-refractivity contribution in [1.29, 1.82) is 0 Å². The van der Waals surface area contributed by atoms with E-state index in [4.69, 9.17) is 9.40 Å². The minimum absolute atomic E-state index is 0. The van der Waals surface area contributed by atoms with E-state index >= 15 is 0 Å². The highest BCUT2D eigenvalue weighted by Crippen LogP contribution is 2.24. The Morgan fingerprint density at radius 1 is 1.11 bits per heavy atom. The van der Waals surface area contributed by atoms with E-state index in [1.165, 1.54) is 63.4 Å². The van der Waals surface area contributed by atoms with Crippen LogP contribution in [0.1, 0.15) is 70.3 Å². The number of rotatable bonds is 12. The fourth-order valence-electron chi connectivity index (χ4n) is 3.85. The van der Waals surface area contributed by atoms with Gasteiger partial charge in [-0.25, -0.2) is 0 Å². The van der Waals surface area contributed by atoms with Gasteiger partial charge in [-0.15, -0.1) is 12.4 Å². The molecule has 5 heteroatoms. The fraction of sp³-hybridized carbons (Fsp3) is 0.682. The first-order valence-electron chi connectivity index (χ1n) is 10.7. The lowest BCUT2D eigenvalue weighted by molar-refractivity contribution is 0.574. The number of nitrogens with zero attached hydrogens (tertiary/aromatic N) is 1. The van der Waals surface area contributed by atoms with Crippen LogP contribution in [-0.2, 0) is 6.42 Å². The zero-order valence-corrected chi connectivity index (χ0v) is 17.6. The van der Waals surface area contributed by atoms with Crippen molar-refractivity contribution >= 4 is 29.5 Å². The van der Waals surface area contributed by atoms with Crippen LogP contribution in [0.3, 0.4) is 0 Å². The monoisotopic (exact) mass is 393 g/mol. The molecule has 27 heavy (non-hydrogen) atoms. The van der Waals surface area contributed by atoms with Crippen molar-refractivity contribution in [2.75, 3.05) is 25.0 Å². The Labute approximate surface area is 170 Å². The molecule has 0 spiro atoms. The Kier molecular flexibility index (Phi) is 10.00. The molecule has 2 N–H and O–H groups in total. The molecule has 1 saturated heterocycles. The van der Waals surface area contributed by atoms with E-state index < -0.39 is 0 Å². The molecule has 0 aliphatic carbocycles. The van der Waals surface area contributed by atoms with Gasteiger partial charge in [0.2, 0.25) is 0 Å². The number of oxazole rings is 1. The average Bonchev–Trinajstić information content (AvgIpc) is 3.31. The molecule has 1 atom stereocenters. The Morgan fingerprint density at radius 2 is 1.89 bits per heavy atom. The molecule has 0 radical (unpaired) electrons. The summed E-state index contributed by atoms with van der Waals surface area (Å²) in [5, 5.41) is 6.79. The van der Waals surface area contributed by atoms with E-state index in [0.717, 1.165) is 37.2 Å². The van der Waals surface area contributed by atoms with Crippen LogP contribution in [-0.4, -0.2) is 24.6 Å². The maximum Gasteiger partial charge on any atom is 0.295 e. The first-order chi connectivity index (χ1) is 12.9. The molecule has 2 aromatic rings. The molecule has 1 fully saturated rings. The molecular weight excluding hydrogens is 358 g/mol. The van der Waals surface area contributed by atoms with Gasteiger partial charge in [-0.05, 0) is 49.9 Å². The van der Waals surface area contributed by atoms with Crippen LogP contribution in [0.2, 0.25) is 0 Å². The topological polar surface area (TPSA) is 50.1 Å². The van der Waals surface area contributed by atoms with E-state index in [0.29, 0.717) is 11.9 Å². The number of anilines is 1. The molecular formula is C22H36ClN3O. The largest absolute Gasteiger partial charge is 0.424 e. The number of aryl methyl sites for hydroxylation is 1. The number of unbranched alkanes of at least 4 members (excludes halogenated alkanes) is 7. The number of para-hydroxylation sites is 1. The van der Waals surface area contributed by atoms with Crippen molar-refractivity contribution in [2.45, 2.75) is 71.1 Å². The number of halogens is 1. The average molecular weight is 394 g/mol. The SMILES string of the molecule is CCCCCCCCCCc1cccc2oc(NC[C@H]3CCNC3)nc12.Cl. The summed E-state index contributed by atoms with van der Waals surface area (Å²) in [6.07, 6.45) is 13.2. The molecule has 2 heterocycles. The van der Waals surface area contributed by atoms with Gasteiger partial charge in [-0.3, -0.25) is 0 Å². The summed E-state index contributed by atoms with van der Waals surface area (Å²) in [6, 6.07) is 7.01. The van der Waals surface area contributed by atoms with E-state index in [1.807, 2.05) is 6.07 Å². The minimum atomic E-state index is 0. The van der Waals surface area contributed by atoms with E-state index in [-0.39, 0.29) is 12.4 Å². The number of benzene rings is 1. The van der Waals surface area contributed by atoms with Crippen LogP contribution in [0.4, 0.5) is 6.01 Å². The van der Waals surface area contributed by atoms with Crippen molar-refractivity contribution in [3.05, 3.63) is 23.8 Å². The number of hydrogen-bond donors (Lipinski definition) is 2. The maximum absolute atomic E-state index is 5.91.